The largest absolute Gasteiger partial charge is 0.481 e. The first-order valence-corrected chi connectivity index (χ1v) is 7.29. The number of nitrogens with one attached hydrogen (secondary N) is 2. The highest BCUT2D eigenvalue weighted by Crippen LogP contribution is 2.26. The van der Waals surface area contributed by atoms with E-state index in [2.05, 4.69) is 17.6 Å². The van der Waals surface area contributed by atoms with Crippen LogP contribution in [0.2, 0.25) is 0 Å². The van der Waals surface area contributed by atoms with Gasteiger partial charge in [0.05, 0.1) is 0 Å². The second-order valence-electron chi connectivity index (χ2n) is 5.85. The zero-order valence-corrected chi connectivity index (χ0v) is 13.5. The van der Waals surface area contributed by atoms with E-state index in [1.54, 1.807) is 6.92 Å². The van der Waals surface area contributed by atoms with Gasteiger partial charge in [-0.25, -0.2) is 0 Å². The van der Waals surface area contributed by atoms with E-state index in [0.717, 1.165) is 38.2 Å². The number of rotatable bonds is 5. The lowest BCUT2D eigenvalue weighted by atomic mass is 9.81. The van der Waals surface area contributed by atoms with E-state index in [1.807, 2.05) is 30.3 Å². The fourth-order valence-corrected chi connectivity index (χ4v) is 2.41. The molecule has 4 nitrogen and oxygen atoms in total. The van der Waals surface area contributed by atoms with E-state index >= 15 is 0 Å². The van der Waals surface area contributed by atoms with Crippen LogP contribution in [0.25, 0.3) is 0 Å². The predicted molar refractivity (Wildman–Crippen MR) is 87.0 cm³/mol. The maximum absolute atomic E-state index is 12.1. The predicted octanol–water partition coefficient (Wildman–Crippen LogP) is 2.38. The van der Waals surface area contributed by atoms with Gasteiger partial charge in [0, 0.05) is 6.54 Å². The lowest BCUT2D eigenvalue weighted by Gasteiger charge is -2.34. The van der Waals surface area contributed by atoms with Gasteiger partial charge in [0.1, 0.15) is 5.75 Å². The summed E-state index contributed by atoms with van der Waals surface area (Å²) in [5.74, 6) is 0.678. The van der Waals surface area contributed by atoms with E-state index in [-0.39, 0.29) is 23.7 Å². The van der Waals surface area contributed by atoms with Gasteiger partial charge >= 0.3 is 0 Å². The standard InChI is InChI=1S/C16H24N2O2.ClH/c1-13(20-14-6-4-3-5-7-14)15(19)18-12-16(2)8-10-17-11-9-16;/h3-7,13,17H,8-12H2,1-2H3,(H,18,19);1H. The van der Waals surface area contributed by atoms with Crippen molar-refractivity contribution in [1.29, 1.82) is 0 Å². The molecule has 1 unspecified atom stereocenters. The topological polar surface area (TPSA) is 50.4 Å². The molecule has 21 heavy (non-hydrogen) atoms. The summed E-state index contributed by atoms with van der Waals surface area (Å²) in [7, 11) is 0. The summed E-state index contributed by atoms with van der Waals surface area (Å²) in [6, 6.07) is 9.44. The van der Waals surface area contributed by atoms with Crippen LogP contribution < -0.4 is 15.4 Å². The molecular weight excluding hydrogens is 288 g/mol. The SMILES string of the molecule is CC(Oc1ccccc1)C(=O)NCC1(C)CCNCC1.Cl. The van der Waals surface area contributed by atoms with Crippen molar-refractivity contribution >= 4 is 18.3 Å². The van der Waals surface area contributed by atoms with Crippen LogP contribution in [0.15, 0.2) is 30.3 Å². The number of ether oxygens (including phenoxy) is 1. The molecule has 0 saturated carbocycles. The maximum Gasteiger partial charge on any atom is 0.260 e. The van der Waals surface area contributed by atoms with Crippen LogP contribution >= 0.6 is 12.4 Å². The average molecular weight is 313 g/mol. The first kappa shape index (κ1) is 17.8. The molecule has 1 fully saturated rings. The molecule has 118 valence electrons. The van der Waals surface area contributed by atoms with Crippen molar-refractivity contribution in [2.75, 3.05) is 19.6 Å². The van der Waals surface area contributed by atoms with E-state index < -0.39 is 6.10 Å². The molecule has 2 rings (SSSR count). The molecule has 0 aromatic heterocycles. The highest BCUT2D eigenvalue weighted by atomic mass is 35.5. The second-order valence-corrected chi connectivity index (χ2v) is 5.85. The van der Waals surface area contributed by atoms with E-state index in [0.29, 0.717) is 0 Å². The number of benzene rings is 1. The average Bonchev–Trinajstić information content (AvgIpc) is 2.46. The number of carbonyl (C=O) groups is 1. The lowest BCUT2D eigenvalue weighted by Crippen LogP contribution is -2.45. The van der Waals surface area contributed by atoms with Crippen LogP contribution in [0.1, 0.15) is 26.7 Å². The molecule has 1 aliphatic heterocycles. The van der Waals surface area contributed by atoms with Crippen LogP contribution in [0.4, 0.5) is 0 Å². The molecule has 0 spiro atoms. The Kier molecular flexibility index (Phi) is 6.99. The number of hydrogen-bond acceptors (Lipinski definition) is 3. The summed E-state index contributed by atoms with van der Waals surface area (Å²) in [5.41, 5.74) is 0.202. The van der Waals surface area contributed by atoms with Crippen molar-refractivity contribution in [1.82, 2.24) is 10.6 Å². The molecule has 1 aromatic rings. The summed E-state index contributed by atoms with van der Waals surface area (Å²) >= 11 is 0. The number of para-hydroxylation sites is 1. The first-order chi connectivity index (χ1) is 9.59. The Bertz CT molecular complexity index is 433. The normalized spacial score (nSPS) is 18.2. The minimum atomic E-state index is -0.470. The minimum Gasteiger partial charge on any atom is -0.481 e. The van der Waals surface area contributed by atoms with Gasteiger partial charge in [-0.1, -0.05) is 25.1 Å². The first-order valence-electron chi connectivity index (χ1n) is 7.29. The van der Waals surface area contributed by atoms with Gasteiger partial charge in [0.2, 0.25) is 0 Å². The van der Waals surface area contributed by atoms with E-state index in [9.17, 15) is 4.79 Å². The number of piperidine rings is 1. The van der Waals surface area contributed by atoms with Crippen molar-refractivity contribution in [2.45, 2.75) is 32.8 Å². The highest BCUT2D eigenvalue weighted by molar-refractivity contribution is 5.85. The Balaban J connectivity index is 0.00000220. The number of hydrogen-bond donors (Lipinski definition) is 2. The van der Waals surface area contributed by atoms with Crippen molar-refractivity contribution in [3.05, 3.63) is 30.3 Å². The smallest absolute Gasteiger partial charge is 0.260 e. The Labute approximate surface area is 133 Å². The summed E-state index contributed by atoms with van der Waals surface area (Å²) < 4.78 is 5.62. The van der Waals surface area contributed by atoms with Gasteiger partial charge in [0.25, 0.3) is 5.91 Å². The summed E-state index contributed by atoms with van der Waals surface area (Å²) in [6.45, 7) is 6.80. The van der Waals surface area contributed by atoms with Crippen molar-refractivity contribution in [3.8, 4) is 5.75 Å². The third-order valence-corrected chi connectivity index (χ3v) is 3.93. The Morgan fingerprint density at radius 2 is 1.95 bits per heavy atom. The highest BCUT2D eigenvalue weighted by Gasteiger charge is 2.28. The number of amides is 1. The molecule has 1 aromatic carbocycles. The van der Waals surface area contributed by atoms with Crippen molar-refractivity contribution in [3.63, 3.8) is 0 Å². The molecule has 0 aliphatic carbocycles. The molecule has 1 atom stereocenters. The Hall–Kier alpha value is -1.26. The maximum atomic E-state index is 12.1. The summed E-state index contributed by atoms with van der Waals surface area (Å²) in [6.07, 6.45) is 1.73. The zero-order chi connectivity index (χ0) is 14.4. The van der Waals surface area contributed by atoms with E-state index in [4.69, 9.17) is 4.74 Å². The fraction of sp³-hybridized carbons (Fsp3) is 0.562. The quantitative estimate of drug-likeness (QED) is 0.877. The van der Waals surface area contributed by atoms with Crippen LogP contribution in [-0.4, -0.2) is 31.6 Å². The van der Waals surface area contributed by atoms with Crippen LogP contribution in [-0.2, 0) is 4.79 Å². The van der Waals surface area contributed by atoms with Crippen LogP contribution in [0.5, 0.6) is 5.75 Å². The van der Waals surface area contributed by atoms with Crippen LogP contribution in [0.3, 0.4) is 0 Å². The number of carbonyl (C=O) groups excluding carboxylic acids is 1. The van der Waals surface area contributed by atoms with Gasteiger partial charge < -0.3 is 15.4 Å². The third-order valence-electron chi connectivity index (χ3n) is 3.93. The molecular formula is C16H25ClN2O2. The van der Waals surface area contributed by atoms with E-state index in [1.165, 1.54) is 0 Å². The molecule has 0 bridgehead atoms. The summed E-state index contributed by atoms with van der Waals surface area (Å²) in [4.78, 5) is 12.1. The molecule has 1 amide bonds. The lowest BCUT2D eigenvalue weighted by molar-refractivity contribution is -0.127. The second kappa shape index (κ2) is 8.25. The van der Waals surface area contributed by atoms with Crippen molar-refractivity contribution in [2.24, 2.45) is 5.41 Å². The molecule has 0 radical (unpaired) electrons. The fourth-order valence-electron chi connectivity index (χ4n) is 2.41. The Morgan fingerprint density at radius 1 is 1.33 bits per heavy atom. The molecule has 2 N–H and O–H groups in total. The van der Waals surface area contributed by atoms with Gasteiger partial charge in [-0.05, 0) is 50.4 Å². The molecule has 1 heterocycles. The minimum absolute atomic E-state index is 0. The molecule has 5 heteroatoms. The Morgan fingerprint density at radius 3 is 2.57 bits per heavy atom. The van der Waals surface area contributed by atoms with Gasteiger partial charge in [0.15, 0.2) is 6.10 Å². The summed E-state index contributed by atoms with van der Waals surface area (Å²) in [5, 5.41) is 6.37. The van der Waals surface area contributed by atoms with Crippen molar-refractivity contribution < 1.29 is 9.53 Å². The third kappa shape index (κ3) is 5.56. The van der Waals surface area contributed by atoms with Gasteiger partial charge in [-0.3, -0.25) is 4.79 Å². The molecule has 1 aliphatic rings. The zero-order valence-electron chi connectivity index (χ0n) is 12.7. The number of halogens is 1. The molecule has 1 saturated heterocycles. The van der Waals surface area contributed by atoms with Gasteiger partial charge in [-0.2, -0.15) is 0 Å². The monoisotopic (exact) mass is 312 g/mol. The van der Waals surface area contributed by atoms with Gasteiger partial charge in [-0.15, -0.1) is 12.4 Å². The van der Waals surface area contributed by atoms with Crippen LogP contribution in [0, 0.1) is 5.41 Å².